The van der Waals surface area contributed by atoms with Gasteiger partial charge in [0.15, 0.2) is 17.5 Å². The summed E-state index contributed by atoms with van der Waals surface area (Å²) >= 11 is 5.84. The summed E-state index contributed by atoms with van der Waals surface area (Å²) in [7, 11) is 3.29. The lowest BCUT2D eigenvalue weighted by Gasteiger charge is -2.25. The van der Waals surface area contributed by atoms with Gasteiger partial charge in [0.1, 0.15) is 5.15 Å². The Labute approximate surface area is 201 Å². The number of guanidine groups is 1. The van der Waals surface area contributed by atoms with Gasteiger partial charge in [0, 0.05) is 24.7 Å². The molecule has 0 atom stereocenters. The molecule has 0 radical (unpaired) electrons. The molecule has 166 valence electrons. The molecule has 2 aromatic rings. The van der Waals surface area contributed by atoms with Crippen LogP contribution in [0.15, 0.2) is 41.5 Å². The number of halogens is 2. The largest absolute Gasteiger partial charge is 0.493 e. The topological polar surface area (TPSA) is 67.8 Å². The molecule has 0 bridgehead atoms. The number of nitrogens with zero attached hydrogens (tertiary/aromatic N) is 2. The highest BCUT2D eigenvalue weighted by atomic mass is 127. The van der Waals surface area contributed by atoms with Crippen molar-refractivity contribution in [2.75, 3.05) is 33.9 Å². The van der Waals surface area contributed by atoms with E-state index in [1.54, 1.807) is 20.4 Å². The fourth-order valence-corrected chi connectivity index (χ4v) is 2.96. The predicted octanol–water partition coefficient (Wildman–Crippen LogP) is 4.45. The molecule has 0 amide bonds. The molecule has 2 rings (SSSR count). The van der Waals surface area contributed by atoms with Crippen LogP contribution in [0.4, 0.5) is 0 Å². The summed E-state index contributed by atoms with van der Waals surface area (Å²) in [5.74, 6) is 2.24. The summed E-state index contributed by atoms with van der Waals surface area (Å²) in [6.07, 6.45) is 2.64. The zero-order chi connectivity index (χ0) is 21.3. The van der Waals surface area contributed by atoms with Crippen LogP contribution in [0.1, 0.15) is 31.9 Å². The Kier molecular flexibility index (Phi) is 11.3. The van der Waals surface area contributed by atoms with E-state index < -0.39 is 0 Å². The molecule has 0 fully saturated rings. The van der Waals surface area contributed by atoms with Crippen LogP contribution in [-0.4, -0.2) is 44.8 Å². The summed E-state index contributed by atoms with van der Waals surface area (Å²) < 4.78 is 10.8. The lowest BCUT2D eigenvalue weighted by molar-refractivity contribution is 0.353. The van der Waals surface area contributed by atoms with Crippen LogP contribution in [0.25, 0.3) is 0 Å². The number of benzene rings is 1. The minimum Gasteiger partial charge on any atom is -0.493 e. The van der Waals surface area contributed by atoms with Crippen LogP contribution in [0.3, 0.4) is 0 Å². The van der Waals surface area contributed by atoms with E-state index in [0.29, 0.717) is 11.7 Å². The van der Waals surface area contributed by atoms with Crippen LogP contribution < -0.4 is 20.1 Å². The second kappa shape index (κ2) is 12.8. The number of rotatable bonds is 9. The van der Waals surface area contributed by atoms with E-state index in [9.17, 15) is 0 Å². The third-order valence-electron chi connectivity index (χ3n) is 4.64. The van der Waals surface area contributed by atoms with Gasteiger partial charge in [-0.3, -0.25) is 4.99 Å². The van der Waals surface area contributed by atoms with Crippen molar-refractivity contribution in [3.8, 4) is 11.5 Å². The van der Waals surface area contributed by atoms with E-state index in [2.05, 4.69) is 42.5 Å². The molecule has 2 N–H and O–H groups in total. The van der Waals surface area contributed by atoms with E-state index in [4.69, 9.17) is 26.1 Å². The normalized spacial score (nSPS) is 11.5. The maximum absolute atomic E-state index is 5.84. The summed E-state index contributed by atoms with van der Waals surface area (Å²) in [6.45, 7) is 8.57. The number of aromatic nitrogens is 1. The summed E-state index contributed by atoms with van der Waals surface area (Å²) in [4.78, 5) is 8.90. The molecule has 1 aromatic heterocycles. The average molecular weight is 547 g/mol. The van der Waals surface area contributed by atoms with Crippen molar-refractivity contribution in [1.82, 2.24) is 15.6 Å². The molecular formula is C22H32ClIN4O2. The molecule has 0 spiro atoms. The molecule has 6 nitrogen and oxygen atoms in total. The van der Waals surface area contributed by atoms with Gasteiger partial charge in [0.2, 0.25) is 0 Å². The fourth-order valence-electron chi connectivity index (χ4n) is 2.85. The van der Waals surface area contributed by atoms with Crippen LogP contribution >= 0.6 is 35.6 Å². The van der Waals surface area contributed by atoms with Crippen molar-refractivity contribution in [2.24, 2.45) is 4.99 Å². The van der Waals surface area contributed by atoms with Crippen LogP contribution in [-0.2, 0) is 11.8 Å². The quantitative estimate of drug-likeness (QED) is 0.211. The average Bonchev–Trinajstić information content (AvgIpc) is 2.72. The van der Waals surface area contributed by atoms with Crippen LogP contribution in [0, 0.1) is 0 Å². The van der Waals surface area contributed by atoms with Gasteiger partial charge in [-0.1, -0.05) is 37.6 Å². The molecule has 0 saturated carbocycles. The van der Waals surface area contributed by atoms with E-state index in [1.165, 1.54) is 0 Å². The van der Waals surface area contributed by atoms with Crippen molar-refractivity contribution < 1.29 is 9.47 Å². The van der Waals surface area contributed by atoms with Gasteiger partial charge in [-0.15, -0.1) is 24.0 Å². The smallest absolute Gasteiger partial charge is 0.191 e. The van der Waals surface area contributed by atoms with Crippen LogP contribution in [0.2, 0.25) is 5.15 Å². The predicted molar refractivity (Wildman–Crippen MR) is 135 cm³/mol. The van der Waals surface area contributed by atoms with Crippen molar-refractivity contribution >= 4 is 41.5 Å². The second-order valence-corrected chi connectivity index (χ2v) is 7.70. The third-order valence-corrected chi connectivity index (χ3v) is 4.86. The van der Waals surface area contributed by atoms with Gasteiger partial charge in [-0.2, -0.15) is 0 Å². The first-order chi connectivity index (χ1) is 13.9. The first kappa shape index (κ1) is 26.3. The number of hydrogen-bond donors (Lipinski definition) is 2. The zero-order valence-electron chi connectivity index (χ0n) is 18.3. The second-order valence-electron chi connectivity index (χ2n) is 7.31. The van der Waals surface area contributed by atoms with Crippen LogP contribution in [0.5, 0.6) is 11.5 Å². The minimum atomic E-state index is -0.165. The maximum atomic E-state index is 5.84. The number of aliphatic imine (C=N–C) groups is 1. The highest BCUT2D eigenvalue weighted by Gasteiger charge is 2.22. The molecule has 1 aromatic carbocycles. The number of methoxy groups -OCH3 is 2. The molecule has 0 saturated heterocycles. The summed E-state index contributed by atoms with van der Waals surface area (Å²) in [5, 5.41) is 7.19. The van der Waals surface area contributed by atoms with E-state index >= 15 is 0 Å². The van der Waals surface area contributed by atoms with E-state index in [0.717, 1.165) is 48.1 Å². The number of nitrogens with one attached hydrogen (secondary N) is 2. The Balaban J connectivity index is 0.00000450. The molecular weight excluding hydrogens is 515 g/mol. The summed E-state index contributed by atoms with van der Waals surface area (Å²) in [6, 6.07) is 9.80. The zero-order valence-corrected chi connectivity index (χ0v) is 21.4. The first-order valence-electron chi connectivity index (χ1n) is 9.74. The van der Waals surface area contributed by atoms with Gasteiger partial charge in [0.25, 0.3) is 0 Å². The Hall–Kier alpha value is -1.74. The van der Waals surface area contributed by atoms with Gasteiger partial charge in [0.05, 0.1) is 20.8 Å². The Morgan fingerprint density at radius 1 is 1.10 bits per heavy atom. The van der Waals surface area contributed by atoms with Gasteiger partial charge >= 0.3 is 0 Å². The standard InChI is InChI=1S/C22H31ClN4O2.HI/c1-6-24-21(25-12-11-16-7-10-20(23)26-14-16)27-15-22(2,3)17-8-9-18(28-4)19(13-17)29-5;/h7-10,13-14H,6,11-12,15H2,1-5H3,(H2,24,25,27);1H. The Morgan fingerprint density at radius 3 is 2.43 bits per heavy atom. The monoisotopic (exact) mass is 546 g/mol. The van der Waals surface area contributed by atoms with Crippen molar-refractivity contribution in [3.63, 3.8) is 0 Å². The fraction of sp³-hybridized carbons (Fsp3) is 0.455. The number of hydrogen-bond acceptors (Lipinski definition) is 4. The Bertz CT molecular complexity index is 813. The van der Waals surface area contributed by atoms with Crippen molar-refractivity contribution in [3.05, 3.63) is 52.8 Å². The molecule has 0 unspecified atom stereocenters. The minimum absolute atomic E-state index is 0. The highest BCUT2D eigenvalue weighted by Crippen LogP contribution is 2.33. The van der Waals surface area contributed by atoms with Gasteiger partial charge in [-0.05, 0) is 42.7 Å². The summed E-state index contributed by atoms with van der Waals surface area (Å²) in [5.41, 5.74) is 2.10. The lowest BCUT2D eigenvalue weighted by Crippen LogP contribution is -2.39. The number of pyridine rings is 1. The maximum Gasteiger partial charge on any atom is 0.191 e. The van der Waals surface area contributed by atoms with Gasteiger partial charge in [-0.25, -0.2) is 4.98 Å². The van der Waals surface area contributed by atoms with Crippen molar-refractivity contribution in [2.45, 2.75) is 32.6 Å². The van der Waals surface area contributed by atoms with Crippen molar-refractivity contribution in [1.29, 1.82) is 0 Å². The Morgan fingerprint density at radius 2 is 1.83 bits per heavy atom. The third kappa shape index (κ3) is 7.83. The highest BCUT2D eigenvalue weighted by molar-refractivity contribution is 14.0. The molecule has 0 aliphatic heterocycles. The number of ether oxygens (including phenoxy) is 2. The lowest BCUT2D eigenvalue weighted by atomic mass is 9.84. The molecule has 1 heterocycles. The van der Waals surface area contributed by atoms with Gasteiger partial charge < -0.3 is 20.1 Å². The van der Waals surface area contributed by atoms with E-state index in [1.807, 2.05) is 24.3 Å². The molecule has 0 aliphatic rings. The molecule has 0 aliphatic carbocycles. The SMILES string of the molecule is CCNC(=NCC(C)(C)c1ccc(OC)c(OC)c1)NCCc1ccc(Cl)nc1.I. The first-order valence-corrected chi connectivity index (χ1v) is 10.1. The molecule has 8 heteroatoms. The van der Waals surface area contributed by atoms with E-state index in [-0.39, 0.29) is 29.4 Å². The molecule has 30 heavy (non-hydrogen) atoms.